The van der Waals surface area contributed by atoms with E-state index < -0.39 is 7.82 Å². The van der Waals surface area contributed by atoms with Crippen LogP contribution < -0.4 is 17.2 Å². The number of halogens is 3. The van der Waals surface area contributed by atoms with Crippen LogP contribution in [-0.4, -0.2) is 50.3 Å². The molecule has 0 atom stereocenters. The van der Waals surface area contributed by atoms with Gasteiger partial charge in [0.2, 0.25) is 0 Å². The lowest BCUT2D eigenvalue weighted by Crippen LogP contribution is -1.97. The van der Waals surface area contributed by atoms with Gasteiger partial charge in [-0.15, -0.1) is 0 Å². The molecule has 128 valence electrons. The molecule has 0 aromatic carbocycles. The Morgan fingerprint density at radius 2 is 0.850 bits per heavy atom. The smallest absolute Gasteiger partial charge is 0.330 e. The monoisotopic (exact) mass is 509 g/mol. The van der Waals surface area contributed by atoms with Gasteiger partial charge in [0, 0.05) is 16.0 Å². The second kappa shape index (κ2) is 28.6. The predicted molar refractivity (Wildman–Crippen MR) is 96.7 cm³/mol. The van der Waals surface area contributed by atoms with E-state index in [2.05, 4.69) is 47.8 Å². The summed E-state index contributed by atoms with van der Waals surface area (Å²) in [6.45, 7) is 2.39. The molecule has 0 saturated heterocycles. The minimum atomic E-state index is -4.64. The van der Waals surface area contributed by atoms with E-state index in [0.29, 0.717) is 0 Å². The summed E-state index contributed by atoms with van der Waals surface area (Å²) in [6.07, 6.45) is 3.25. The van der Waals surface area contributed by atoms with Crippen LogP contribution >= 0.6 is 55.6 Å². The van der Waals surface area contributed by atoms with E-state index in [1.54, 1.807) is 0 Å². The zero-order valence-corrected chi connectivity index (χ0v) is 17.1. The van der Waals surface area contributed by atoms with Crippen molar-refractivity contribution in [1.29, 1.82) is 0 Å². The van der Waals surface area contributed by atoms with Crippen LogP contribution in [0.15, 0.2) is 0 Å². The molecular formula is C9H27Br3N3O4P. The van der Waals surface area contributed by atoms with E-state index >= 15 is 0 Å². The average Bonchev–Trinajstić information content (AvgIpc) is 2.31. The minimum absolute atomic E-state index is 0.797. The second-order valence-corrected chi connectivity index (χ2v) is 6.41. The largest absolute Gasteiger partial charge is 0.466 e. The van der Waals surface area contributed by atoms with Crippen molar-refractivity contribution in [3.05, 3.63) is 0 Å². The first-order valence-electron chi connectivity index (χ1n) is 5.81. The third-order valence-electron chi connectivity index (χ3n) is 1.01. The molecule has 0 saturated carbocycles. The molecule has 11 heteroatoms. The third kappa shape index (κ3) is 120. The van der Waals surface area contributed by atoms with Gasteiger partial charge >= 0.3 is 7.82 Å². The van der Waals surface area contributed by atoms with E-state index in [1.807, 2.05) is 0 Å². The van der Waals surface area contributed by atoms with Gasteiger partial charge in [-0.05, 0) is 38.9 Å². The zero-order valence-electron chi connectivity index (χ0n) is 11.4. The van der Waals surface area contributed by atoms with Crippen molar-refractivity contribution < 1.29 is 19.2 Å². The lowest BCUT2D eigenvalue weighted by molar-refractivity contribution is 0.275. The van der Waals surface area contributed by atoms with Crippen molar-refractivity contribution in [3.63, 3.8) is 0 Å². The van der Waals surface area contributed by atoms with Gasteiger partial charge in [0.1, 0.15) is 0 Å². The van der Waals surface area contributed by atoms with Crippen LogP contribution in [0.25, 0.3) is 0 Å². The lowest BCUT2D eigenvalue weighted by atomic mass is 10.5. The highest BCUT2D eigenvalue weighted by molar-refractivity contribution is 9.09. The molecule has 0 heterocycles. The summed E-state index contributed by atoms with van der Waals surface area (Å²) < 4.78 is 8.88. The Morgan fingerprint density at radius 1 is 0.700 bits per heavy atom. The van der Waals surface area contributed by atoms with Gasteiger partial charge in [-0.1, -0.05) is 47.8 Å². The molecule has 0 aromatic rings. The highest BCUT2D eigenvalue weighted by Crippen LogP contribution is 2.25. The van der Waals surface area contributed by atoms with Crippen molar-refractivity contribution in [2.24, 2.45) is 17.2 Å². The first-order valence-corrected chi connectivity index (χ1v) is 10.7. The quantitative estimate of drug-likeness (QED) is 0.231. The first kappa shape index (κ1) is 29.4. The zero-order chi connectivity index (χ0) is 16.9. The number of hydrogen-bond donors (Lipinski definition) is 6. The first-order chi connectivity index (χ1) is 9.24. The molecule has 0 bridgehead atoms. The molecule has 0 aliphatic heterocycles. The molecule has 9 N–H and O–H groups in total. The molecule has 7 nitrogen and oxygen atoms in total. The van der Waals surface area contributed by atoms with Gasteiger partial charge < -0.3 is 31.9 Å². The summed E-state index contributed by atoms with van der Waals surface area (Å²) in [5, 5.41) is 3.09. The highest BCUT2D eigenvalue weighted by Gasteiger charge is 2.00. The van der Waals surface area contributed by atoms with Crippen molar-refractivity contribution >= 4 is 55.6 Å². The summed E-state index contributed by atoms with van der Waals surface area (Å²) in [6, 6.07) is 0. The second-order valence-electron chi connectivity index (χ2n) is 3.01. The van der Waals surface area contributed by atoms with Crippen LogP contribution in [-0.2, 0) is 4.57 Å². The maximum absolute atomic E-state index is 8.88. The fraction of sp³-hybridized carbons (Fsp3) is 1.00. The maximum atomic E-state index is 8.88. The van der Waals surface area contributed by atoms with Gasteiger partial charge in [0.25, 0.3) is 0 Å². The third-order valence-corrected chi connectivity index (χ3v) is 2.70. The van der Waals surface area contributed by atoms with Crippen molar-refractivity contribution in [2.75, 3.05) is 35.6 Å². The summed E-state index contributed by atoms with van der Waals surface area (Å²) in [7, 11) is -4.64. The van der Waals surface area contributed by atoms with E-state index in [9.17, 15) is 0 Å². The lowest BCUT2D eigenvalue weighted by Gasteiger charge is -1.82. The van der Waals surface area contributed by atoms with Crippen LogP contribution in [0.5, 0.6) is 0 Å². The molecule has 0 unspecified atom stereocenters. The Bertz CT molecular complexity index is 161. The van der Waals surface area contributed by atoms with Gasteiger partial charge in [-0.3, -0.25) is 0 Å². The van der Waals surface area contributed by atoms with E-state index in [0.717, 1.165) is 54.9 Å². The number of rotatable bonds is 6. The van der Waals surface area contributed by atoms with Crippen LogP contribution in [0.4, 0.5) is 0 Å². The summed E-state index contributed by atoms with van der Waals surface area (Å²) in [4.78, 5) is 21.6. The Balaban J connectivity index is -0.0000000853. The Kier molecular flexibility index (Phi) is 42.1. The van der Waals surface area contributed by atoms with Crippen LogP contribution in [0.1, 0.15) is 19.3 Å². The van der Waals surface area contributed by atoms with Crippen molar-refractivity contribution in [3.8, 4) is 0 Å². The number of nitrogens with two attached hydrogens (primary N) is 3. The normalized spacial score (nSPS) is 9.25. The Labute approximate surface area is 146 Å². The van der Waals surface area contributed by atoms with Crippen LogP contribution in [0, 0.1) is 0 Å². The SMILES string of the molecule is NCCCBr.NCCCBr.NCCCBr.O=P(O)(O)O. The topological polar surface area (TPSA) is 156 Å². The average molecular weight is 512 g/mol. The molecule has 0 radical (unpaired) electrons. The molecule has 0 aliphatic rings. The molecular weight excluding hydrogens is 485 g/mol. The fourth-order valence-electron chi connectivity index (χ4n) is 0.231. The maximum Gasteiger partial charge on any atom is 0.466 e. The molecule has 0 rings (SSSR count). The van der Waals surface area contributed by atoms with Gasteiger partial charge in [0.15, 0.2) is 0 Å². The van der Waals surface area contributed by atoms with E-state index in [4.69, 9.17) is 36.4 Å². The fourth-order valence-corrected chi connectivity index (χ4v) is 1.20. The molecule has 20 heavy (non-hydrogen) atoms. The highest BCUT2D eigenvalue weighted by atomic mass is 79.9. The summed E-state index contributed by atoms with van der Waals surface area (Å²) >= 11 is 9.69. The number of phosphoric acid groups is 1. The van der Waals surface area contributed by atoms with Crippen molar-refractivity contribution in [2.45, 2.75) is 19.3 Å². The van der Waals surface area contributed by atoms with Gasteiger partial charge in [0.05, 0.1) is 0 Å². The number of hydrogen-bond acceptors (Lipinski definition) is 4. The van der Waals surface area contributed by atoms with Crippen LogP contribution in [0.3, 0.4) is 0 Å². The molecule has 0 amide bonds. The molecule has 0 spiro atoms. The Hall–Kier alpha value is 1.43. The Morgan fingerprint density at radius 3 is 0.850 bits per heavy atom. The van der Waals surface area contributed by atoms with Crippen LogP contribution in [0.2, 0.25) is 0 Å². The molecule has 0 fully saturated rings. The van der Waals surface area contributed by atoms with E-state index in [-0.39, 0.29) is 0 Å². The van der Waals surface area contributed by atoms with Gasteiger partial charge in [-0.25, -0.2) is 4.57 Å². The standard InChI is InChI=1S/3C3H8BrN.H3O4P/c3*4-2-1-3-5;1-5(2,3)4/h3*1-3,5H2;(H3,1,2,3,4). The number of alkyl halides is 3. The van der Waals surface area contributed by atoms with E-state index in [1.165, 1.54) is 0 Å². The summed E-state index contributed by atoms with van der Waals surface area (Å²) in [5.74, 6) is 0. The van der Waals surface area contributed by atoms with Crippen molar-refractivity contribution in [1.82, 2.24) is 0 Å². The molecule has 0 aliphatic carbocycles. The predicted octanol–water partition coefficient (Wildman–Crippen LogP) is 1.26. The summed E-state index contributed by atoms with van der Waals surface area (Å²) in [5.41, 5.74) is 15.3. The van der Waals surface area contributed by atoms with Gasteiger partial charge in [-0.2, -0.15) is 0 Å². The minimum Gasteiger partial charge on any atom is -0.330 e. The molecule has 0 aromatic heterocycles.